The van der Waals surface area contributed by atoms with Crippen LogP contribution in [0.4, 0.5) is 0 Å². The first-order valence-corrected chi connectivity index (χ1v) is 3.77. The van der Waals surface area contributed by atoms with Crippen molar-refractivity contribution < 1.29 is 4.74 Å². The Morgan fingerprint density at radius 2 is 2.62 bits per heavy atom. The molecular weight excluding hydrogens is 119 g/mol. The molecule has 0 fully saturated rings. The monoisotopic (exact) mass is 130 g/mol. The third-order valence-corrected chi connectivity index (χ3v) is 1.43. The fraction of sp³-hybridized carbons (Fsp3) is 0.667. The predicted octanol–water partition coefficient (Wildman–Crippen LogP) is 1.90. The zero-order valence-corrected chi connectivity index (χ0v) is 6.05. The molecule has 0 N–H and O–H groups in total. The Bertz CT molecular complexity index is 98.7. The van der Waals surface area contributed by atoms with Crippen LogP contribution in [0.25, 0.3) is 0 Å². The molecule has 0 aromatic heterocycles. The fourth-order valence-electron chi connectivity index (χ4n) is 0.880. The molecule has 0 aromatic carbocycles. The average molecular weight is 130 g/mol. The van der Waals surface area contributed by atoms with E-state index < -0.39 is 0 Å². The van der Waals surface area contributed by atoms with Crippen LogP contribution < -0.4 is 0 Å². The summed E-state index contributed by atoms with van der Waals surface area (Å²) < 4.78 is 5.23. The van der Waals surface area contributed by atoms with Crippen molar-refractivity contribution in [1.82, 2.24) is 0 Å². The normalized spacial score (nSPS) is 18.4. The standard InChI is InChI=1S/C6H11OP/c8-5-7-6-3-1-2-4-6/h3H,1-2,4-5,8H2. The molecule has 46 valence electrons. The van der Waals surface area contributed by atoms with Crippen molar-refractivity contribution in [3.05, 3.63) is 11.8 Å². The topological polar surface area (TPSA) is 9.23 Å². The summed E-state index contributed by atoms with van der Waals surface area (Å²) in [6.45, 7) is 0. The lowest BCUT2D eigenvalue weighted by molar-refractivity contribution is 0.264. The molecule has 2 heteroatoms. The number of hydrogen-bond donors (Lipinski definition) is 0. The largest absolute Gasteiger partial charge is 0.494 e. The van der Waals surface area contributed by atoms with E-state index in [0.29, 0.717) is 0 Å². The van der Waals surface area contributed by atoms with Crippen LogP contribution in [-0.2, 0) is 4.74 Å². The van der Waals surface area contributed by atoms with Crippen LogP contribution in [0, 0.1) is 0 Å². The van der Waals surface area contributed by atoms with Gasteiger partial charge in [0, 0.05) is 6.42 Å². The van der Waals surface area contributed by atoms with E-state index in [0.717, 1.165) is 12.8 Å². The Hall–Kier alpha value is -0.0300. The quantitative estimate of drug-likeness (QED) is 0.519. The maximum Gasteiger partial charge on any atom is 0.101 e. The van der Waals surface area contributed by atoms with Gasteiger partial charge in [0.2, 0.25) is 0 Å². The van der Waals surface area contributed by atoms with Gasteiger partial charge in [-0.05, 0) is 18.9 Å². The van der Waals surface area contributed by atoms with E-state index in [1.165, 1.54) is 18.6 Å². The van der Waals surface area contributed by atoms with Gasteiger partial charge in [-0.1, -0.05) is 9.24 Å². The number of ether oxygens (including phenoxy) is 1. The minimum atomic E-state index is 0.742. The van der Waals surface area contributed by atoms with Crippen molar-refractivity contribution in [1.29, 1.82) is 0 Å². The summed E-state index contributed by atoms with van der Waals surface area (Å²) in [4.78, 5) is 0. The van der Waals surface area contributed by atoms with E-state index in [1.54, 1.807) is 0 Å². The van der Waals surface area contributed by atoms with Gasteiger partial charge in [0.05, 0.1) is 5.76 Å². The molecule has 1 aliphatic carbocycles. The van der Waals surface area contributed by atoms with Gasteiger partial charge in [0.1, 0.15) is 6.35 Å². The van der Waals surface area contributed by atoms with Crippen LogP contribution in [0.2, 0.25) is 0 Å². The van der Waals surface area contributed by atoms with E-state index in [4.69, 9.17) is 4.74 Å². The van der Waals surface area contributed by atoms with Crippen molar-refractivity contribution in [3.63, 3.8) is 0 Å². The molecule has 0 amide bonds. The second kappa shape index (κ2) is 3.09. The van der Waals surface area contributed by atoms with Gasteiger partial charge in [0.25, 0.3) is 0 Å². The number of hydrogen-bond acceptors (Lipinski definition) is 1. The Labute approximate surface area is 52.3 Å². The minimum Gasteiger partial charge on any atom is -0.494 e. The molecule has 0 bridgehead atoms. The maximum atomic E-state index is 5.23. The van der Waals surface area contributed by atoms with Gasteiger partial charge in [-0.3, -0.25) is 0 Å². The molecule has 8 heavy (non-hydrogen) atoms. The van der Waals surface area contributed by atoms with Crippen LogP contribution in [0.15, 0.2) is 11.8 Å². The van der Waals surface area contributed by atoms with Gasteiger partial charge in [-0.25, -0.2) is 0 Å². The maximum absolute atomic E-state index is 5.23. The van der Waals surface area contributed by atoms with E-state index in [9.17, 15) is 0 Å². The highest BCUT2D eigenvalue weighted by molar-refractivity contribution is 7.16. The third kappa shape index (κ3) is 1.48. The molecule has 0 heterocycles. The highest BCUT2D eigenvalue weighted by atomic mass is 31.0. The van der Waals surface area contributed by atoms with Gasteiger partial charge < -0.3 is 4.74 Å². The molecule has 1 rings (SSSR count). The van der Waals surface area contributed by atoms with Gasteiger partial charge in [-0.15, -0.1) is 0 Å². The van der Waals surface area contributed by atoms with E-state index in [2.05, 4.69) is 15.3 Å². The molecule has 0 radical (unpaired) electrons. The third-order valence-electron chi connectivity index (χ3n) is 1.27. The summed E-state index contributed by atoms with van der Waals surface area (Å²) in [5, 5.41) is 0. The van der Waals surface area contributed by atoms with E-state index >= 15 is 0 Å². The molecule has 0 saturated heterocycles. The molecule has 0 spiro atoms. The van der Waals surface area contributed by atoms with Crippen LogP contribution in [0.5, 0.6) is 0 Å². The summed E-state index contributed by atoms with van der Waals surface area (Å²) in [5.41, 5.74) is 0. The number of allylic oxidation sites excluding steroid dienone is 2. The average Bonchev–Trinajstić information content (AvgIpc) is 2.19. The lowest BCUT2D eigenvalue weighted by Gasteiger charge is -1.99. The Balaban J connectivity index is 2.23. The minimum absolute atomic E-state index is 0.742. The Morgan fingerprint density at radius 1 is 1.75 bits per heavy atom. The molecule has 0 aliphatic heterocycles. The highest BCUT2D eigenvalue weighted by Crippen LogP contribution is 2.18. The van der Waals surface area contributed by atoms with Crippen LogP contribution in [-0.4, -0.2) is 6.35 Å². The van der Waals surface area contributed by atoms with Gasteiger partial charge >= 0.3 is 0 Å². The second-order valence-electron chi connectivity index (χ2n) is 1.87. The molecule has 1 unspecified atom stereocenters. The van der Waals surface area contributed by atoms with Gasteiger partial charge in [0.15, 0.2) is 0 Å². The molecule has 1 atom stereocenters. The van der Waals surface area contributed by atoms with Crippen LogP contribution >= 0.6 is 9.24 Å². The highest BCUT2D eigenvalue weighted by Gasteiger charge is 2.02. The summed E-state index contributed by atoms with van der Waals surface area (Å²) in [7, 11) is 2.55. The number of rotatable bonds is 2. The molecule has 0 saturated carbocycles. The Morgan fingerprint density at radius 3 is 3.12 bits per heavy atom. The van der Waals surface area contributed by atoms with Crippen molar-refractivity contribution in [2.75, 3.05) is 6.35 Å². The van der Waals surface area contributed by atoms with E-state index in [1.807, 2.05) is 0 Å². The van der Waals surface area contributed by atoms with Crippen molar-refractivity contribution in [3.8, 4) is 0 Å². The smallest absolute Gasteiger partial charge is 0.101 e. The van der Waals surface area contributed by atoms with Crippen LogP contribution in [0.1, 0.15) is 19.3 Å². The first kappa shape index (κ1) is 6.10. The SMILES string of the molecule is PCOC1=CCCC1. The molecule has 1 nitrogen and oxygen atoms in total. The van der Waals surface area contributed by atoms with Crippen molar-refractivity contribution in [2.45, 2.75) is 19.3 Å². The lowest BCUT2D eigenvalue weighted by atomic mass is 10.4. The molecule has 1 aliphatic rings. The summed E-state index contributed by atoms with van der Waals surface area (Å²) >= 11 is 0. The Kier molecular flexibility index (Phi) is 2.35. The van der Waals surface area contributed by atoms with Crippen molar-refractivity contribution >= 4 is 9.24 Å². The summed E-state index contributed by atoms with van der Waals surface area (Å²) in [6, 6.07) is 0. The molecule has 0 aromatic rings. The fourth-order valence-corrected chi connectivity index (χ4v) is 1.09. The van der Waals surface area contributed by atoms with E-state index in [-0.39, 0.29) is 0 Å². The zero-order valence-electron chi connectivity index (χ0n) is 4.89. The summed E-state index contributed by atoms with van der Waals surface area (Å²) in [6.07, 6.45) is 6.55. The van der Waals surface area contributed by atoms with Crippen LogP contribution in [0.3, 0.4) is 0 Å². The van der Waals surface area contributed by atoms with Gasteiger partial charge in [-0.2, -0.15) is 0 Å². The second-order valence-corrected chi connectivity index (χ2v) is 2.21. The zero-order chi connectivity index (χ0) is 5.82. The molecular formula is C6H11OP. The van der Waals surface area contributed by atoms with Crippen molar-refractivity contribution in [2.24, 2.45) is 0 Å². The predicted molar refractivity (Wildman–Crippen MR) is 37.6 cm³/mol. The summed E-state index contributed by atoms with van der Waals surface area (Å²) in [5.74, 6) is 1.18. The first-order valence-electron chi connectivity index (χ1n) is 2.95. The lowest BCUT2D eigenvalue weighted by Crippen LogP contribution is -1.82. The first-order chi connectivity index (χ1) is 3.93.